The molecule has 82 valence electrons. The standard InChI is InChI=1S/C10H14N2O3/c1-8(13)6-11-7-9-3-2-4-10(5-9)12(14)15/h2-5,8,11,13H,6-7H2,1H3/t8-/m0/s1. The van der Waals surface area contributed by atoms with Crippen molar-refractivity contribution in [2.24, 2.45) is 0 Å². The molecule has 5 nitrogen and oxygen atoms in total. The van der Waals surface area contributed by atoms with Crippen molar-refractivity contribution in [3.63, 3.8) is 0 Å². The largest absolute Gasteiger partial charge is 0.392 e. The fourth-order valence-corrected chi connectivity index (χ4v) is 1.21. The Balaban J connectivity index is 2.54. The average molecular weight is 210 g/mol. The summed E-state index contributed by atoms with van der Waals surface area (Å²) in [7, 11) is 0. The summed E-state index contributed by atoms with van der Waals surface area (Å²) in [5, 5.41) is 22.5. The van der Waals surface area contributed by atoms with Gasteiger partial charge in [0.15, 0.2) is 0 Å². The van der Waals surface area contributed by atoms with E-state index in [-0.39, 0.29) is 5.69 Å². The van der Waals surface area contributed by atoms with Crippen LogP contribution in [0.4, 0.5) is 5.69 Å². The number of nitrogens with one attached hydrogen (secondary N) is 1. The quantitative estimate of drug-likeness (QED) is 0.563. The summed E-state index contributed by atoms with van der Waals surface area (Å²) in [6, 6.07) is 6.44. The summed E-state index contributed by atoms with van der Waals surface area (Å²) in [5.41, 5.74) is 0.927. The Bertz CT molecular complexity index is 339. The Kier molecular flexibility index (Phi) is 4.20. The first kappa shape index (κ1) is 11.6. The number of aliphatic hydroxyl groups excluding tert-OH is 1. The predicted octanol–water partition coefficient (Wildman–Crippen LogP) is 1.07. The Morgan fingerprint density at radius 1 is 1.60 bits per heavy atom. The Morgan fingerprint density at radius 3 is 2.93 bits per heavy atom. The summed E-state index contributed by atoms with van der Waals surface area (Å²) >= 11 is 0. The van der Waals surface area contributed by atoms with Crippen molar-refractivity contribution in [1.82, 2.24) is 5.32 Å². The molecule has 0 radical (unpaired) electrons. The van der Waals surface area contributed by atoms with E-state index in [2.05, 4.69) is 5.32 Å². The van der Waals surface area contributed by atoms with Crippen molar-refractivity contribution < 1.29 is 10.0 Å². The van der Waals surface area contributed by atoms with Gasteiger partial charge in [0, 0.05) is 25.2 Å². The molecular formula is C10H14N2O3. The molecule has 1 aromatic rings. The van der Waals surface area contributed by atoms with E-state index >= 15 is 0 Å². The van der Waals surface area contributed by atoms with Gasteiger partial charge >= 0.3 is 0 Å². The normalized spacial score (nSPS) is 12.4. The van der Waals surface area contributed by atoms with Crippen LogP contribution in [0.3, 0.4) is 0 Å². The number of nitrogens with zero attached hydrogens (tertiary/aromatic N) is 1. The number of hydrogen-bond acceptors (Lipinski definition) is 4. The third kappa shape index (κ3) is 4.05. The van der Waals surface area contributed by atoms with Crippen molar-refractivity contribution in [1.29, 1.82) is 0 Å². The maximum absolute atomic E-state index is 10.5. The molecule has 0 bridgehead atoms. The first-order valence-electron chi connectivity index (χ1n) is 4.71. The molecule has 1 rings (SSSR count). The molecular weight excluding hydrogens is 196 g/mol. The SMILES string of the molecule is C[C@H](O)CNCc1cccc([N+](=O)[O-])c1. The predicted molar refractivity (Wildman–Crippen MR) is 56.5 cm³/mol. The van der Waals surface area contributed by atoms with E-state index in [4.69, 9.17) is 5.11 Å². The highest BCUT2D eigenvalue weighted by Crippen LogP contribution is 2.12. The van der Waals surface area contributed by atoms with Crippen LogP contribution in [0.25, 0.3) is 0 Å². The van der Waals surface area contributed by atoms with Crippen LogP contribution in [0.1, 0.15) is 12.5 Å². The topological polar surface area (TPSA) is 75.4 Å². The van der Waals surface area contributed by atoms with E-state index in [1.807, 2.05) is 6.07 Å². The Labute approximate surface area is 87.9 Å². The Morgan fingerprint density at radius 2 is 2.33 bits per heavy atom. The molecule has 0 aliphatic heterocycles. The van der Waals surface area contributed by atoms with Crippen molar-refractivity contribution in [3.8, 4) is 0 Å². The zero-order valence-electron chi connectivity index (χ0n) is 8.51. The Hall–Kier alpha value is -1.46. The highest BCUT2D eigenvalue weighted by molar-refractivity contribution is 5.34. The molecule has 1 atom stereocenters. The van der Waals surface area contributed by atoms with Gasteiger partial charge in [0.25, 0.3) is 5.69 Å². The summed E-state index contributed by atoms with van der Waals surface area (Å²) in [5.74, 6) is 0. The smallest absolute Gasteiger partial charge is 0.269 e. The second kappa shape index (κ2) is 5.43. The van der Waals surface area contributed by atoms with Crippen molar-refractivity contribution in [3.05, 3.63) is 39.9 Å². The van der Waals surface area contributed by atoms with Gasteiger partial charge in [0.05, 0.1) is 11.0 Å². The van der Waals surface area contributed by atoms with Crippen molar-refractivity contribution >= 4 is 5.69 Å². The molecule has 0 fully saturated rings. The zero-order valence-corrected chi connectivity index (χ0v) is 8.51. The maximum Gasteiger partial charge on any atom is 0.269 e. The third-order valence-electron chi connectivity index (χ3n) is 1.89. The first-order chi connectivity index (χ1) is 7.09. The molecule has 0 aliphatic carbocycles. The molecule has 15 heavy (non-hydrogen) atoms. The van der Waals surface area contributed by atoms with E-state index in [0.717, 1.165) is 5.56 Å². The fourth-order valence-electron chi connectivity index (χ4n) is 1.21. The minimum absolute atomic E-state index is 0.0892. The number of nitro benzene ring substituents is 1. The van der Waals surface area contributed by atoms with E-state index in [9.17, 15) is 10.1 Å². The third-order valence-corrected chi connectivity index (χ3v) is 1.89. The molecule has 0 saturated heterocycles. The number of benzene rings is 1. The molecule has 0 unspecified atom stereocenters. The van der Waals surface area contributed by atoms with Crippen molar-refractivity contribution in [2.45, 2.75) is 19.6 Å². The van der Waals surface area contributed by atoms with Gasteiger partial charge in [-0.05, 0) is 12.5 Å². The van der Waals surface area contributed by atoms with Crippen molar-refractivity contribution in [2.75, 3.05) is 6.54 Å². The lowest BCUT2D eigenvalue weighted by Gasteiger charge is -2.06. The van der Waals surface area contributed by atoms with E-state index in [0.29, 0.717) is 13.1 Å². The van der Waals surface area contributed by atoms with Crippen LogP contribution < -0.4 is 5.32 Å². The van der Waals surface area contributed by atoms with Gasteiger partial charge in [-0.25, -0.2) is 0 Å². The van der Waals surface area contributed by atoms with Crippen LogP contribution in [0.5, 0.6) is 0 Å². The highest BCUT2D eigenvalue weighted by Gasteiger charge is 2.05. The lowest BCUT2D eigenvalue weighted by atomic mass is 10.2. The maximum atomic E-state index is 10.5. The molecule has 0 amide bonds. The van der Waals surface area contributed by atoms with Crippen LogP contribution >= 0.6 is 0 Å². The second-order valence-corrected chi connectivity index (χ2v) is 3.41. The average Bonchev–Trinajstić information content (AvgIpc) is 2.17. The van der Waals surface area contributed by atoms with Gasteiger partial charge in [0.1, 0.15) is 0 Å². The molecule has 0 spiro atoms. The van der Waals surface area contributed by atoms with Gasteiger partial charge in [0.2, 0.25) is 0 Å². The molecule has 1 aromatic carbocycles. The second-order valence-electron chi connectivity index (χ2n) is 3.41. The molecule has 0 saturated carbocycles. The van der Waals surface area contributed by atoms with Crippen LogP contribution in [-0.4, -0.2) is 22.7 Å². The van der Waals surface area contributed by atoms with Crippen LogP contribution in [0.2, 0.25) is 0 Å². The number of nitro groups is 1. The summed E-state index contributed by atoms with van der Waals surface area (Å²) in [6.45, 7) is 2.68. The van der Waals surface area contributed by atoms with Crippen LogP contribution in [0.15, 0.2) is 24.3 Å². The molecule has 0 aliphatic rings. The molecule has 5 heteroatoms. The van der Waals surface area contributed by atoms with Gasteiger partial charge in [-0.3, -0.25) is 10.1 Å². The van der Waals surface area contributed by atoms with Crippen LogP contribution in [0, 0.1) is 10.1 Å². The first-order valence-corrected chi connectivity index (χ1v) is 4.71. The fraction of sp³-hybridized carbons (Fsp3) is 0.400. The summed E-state index contributed by atoms with van der Waals surface area (Å²) < 4.78 is 0. The van der Waals surface area contributed by atoms with E-state index < -0.39 is 11.0 Å². The molecule has 0 heterocycles. The lowest BCUT2D eigenvalue weighted by Crippen LogP contribution is -2.23. The van der Waals surface area contributed by atoms with Crippen LogP contribution in [-0.2, 0) is 6.54 Å². The number of non-ortho nitro benzene ring substituents is 1. The number of rotatable bonds is 5. The number of hydrogen-bond donors (Lipinski definition) is 2. The summed E-state index contributed by atoms with van der Waals surface area (Å²) in [4.78, 5) is 10.1. The van der Waals surface area contributed by atoms with Gasteiger partial charge in [-0.2, -0.15) is 0 Å². The minimum atomic E-state index is -0.418. The summed E-state index contributed by atoms with van der Waals surface area (Å²) in [6.07, 6.45) is -0.413. The van der Waals surface area contributed by atoms with E-state index in [1.54, 1.807) is 13.0 Å². The number of aliphatic hydroxyl groups is 1. The monoisotopic (exact) mass is 210 g/mol. The lowest BCUT2D eigenvalue weighted by molar-refractivity contribution is -0.384. The molecule has 0 aromatic heterocycles. The minimum Gasteiger partial charge on any atom is -0.392 e. The van der Waals surface area contributed by atoms with Gasteiger partial charge < -0.3 is 10.4 Å². The van der Waals surface area contributed by atoms with E-state index in [1.165, 1.54) is 12.1 Å². The van der Waals surface area contributed by atoms with Gasteiger partial charge in [-0.15, -0.1) is 0 Å². The zero-order chi connectivity index (χ0) is 11.3. The highest BCUT2D eigenvalue weighted by atomic mass is 16.6. The van der Waals surface area contributed by atoms with Gasteiger partial charge in [-0.1, -0.05) is 12.1 Å². The molecule has 2 N–H and O–H groups in total.